The molecule has 4 nitrogen and oxygen atoms in total. The summed E-state index contributed by atoms with van der Waals surface area (Å²) in [4.78, 5) is 16.7. The molecule has 0 bridgehead atoms. The van der Waals surface area contributed by atoms with Crippen LogP contribution in [0.25, 0.3) is 0 Å². The Morgan fingerprint density at radius 1 is 1.14 bits per heavy atom. The van der Waals surface area contributed by atoms with Crippen LogP contribution >= 0.6 is 7.82 Å². The van der Waals surface area contributed by atoms with Gasteiger partial charge in [0, 0.05) is 0 Å². The molecule has 0 aliphatic heterocycles. The second kappa shape index (κ2) is 10.2. The van der Waals surface area contributed by atoms with Crippen LogP contribution in [0.4, 0.5) is 0 Å². The number of hydrogen-bond donors (Lipinski definition) is 2. The third-order valence-corrected chi connectivity index (χ3v) is 2.28. The summed E-state index contributed by atoms with van der Waals surface area (Å²) in [6.45, 7) is 2.31. The average molecular weight is 218 g/mol. The monoisotopic (exact) mass is 218 g/mol. The predicted molar refractivity (Wildman–Crippen MR) is 52.5 cm³/mol. The Morgan fingerprint density at radius 3 is 2.14 bits per heavy atom. The molecule has 14 heavy (non-hydrogen) atoms. The first-order chi connectivity index (χ1) is 6.06. The summed E-state index contributed by atoms with van der Waals surface area (Å²) in [6.07, 6.45) is 6.48. The number of hydrogen-bond acceptors (Lipinski definition) is 2. The minimum absolute atomic E-state index is 0. The van der Waals surface area contributed by atoms with Gasteiger partial charge in [0.05, 0.1) is 6.61 Å². The zero-order valence-electron chi connectivity index (χ0n) is 10.1. The topological polar surface area (TPSA) is 66.8 Å². The molecular formula is C8H20LiO4P. The standard InChI is InChI=1S/C8H19O4P.Li.H/c1-2-3-4-5-6-7-8-12-13(9,10)11;;/h2-8H2,1H3,(H2,9,10,11);;/q;+1;-1. The molecule has 0 aliphatic carbocycles. The minimum atomic E-state index is -4.23. The summed E-state index contributed by atoms with van der Waals surface area (Å²) in [7, 11) is -4.23. The van der Waals surface area contributed by atoms with Gasteiger partial charge in [-0.2, -0.15) is 0 Å². The molecule has 0 unspecified atom stereocenters. The molecule has 0 fully saturated rings. The van der Waals surface area contributed by atoms with E-state index < -0.39 is 7.82 Å². The zero-order valence-corrected chi connectivity index (χ0v) is 10.0. The van der Waals surface area contributed by atoms with E-state index in [4.69, 9.17) is 9.79 Å². The van der Waals surface area contributed by atoms with Gasteiger partial charge in [0.25, 0.3) is 0 Å². The van der Waals surface area contributed by atoms with Crippen molar-refractivity contribution in [2.45, 2.75) is 45.4 Å². The van der Waals surface area contributed by atoms with Crippen molar-refractivity contribution < 1.29 is 39.2 Å². The maximum absolute atomic E-state index is 10.2. The van der Waals surface area contributed by atoms with Gasteiger partial charge in [-0.15, -0.1) is 0 Å². The molecule has 0 spiro atoms. The SMILES string of the molecule is CCCCCCCCOP(=O)(O)O.[H-].[Li+]. The van der Waals surface area contributed by atoms with Crippen molar-refractivity contribution in [1.29, 1.82) is 0 Å². The van der Waals surface area contributed by atoms with Gasteiger partial charge in [0.2, 0.25) is 0 Å². The first-order valence-corrected chi connectivity index (χ1v) is 6.29. The molecule has 0 aliphatic rings. The van der Waals surface area contributed by atoms with E-state index in [1.165, 1.54) is 19.3 Å². The van der Waals surface area contributed by atoms with Crippen molar-refractivity contribution in [3.63, 3.8) is 0 Å². The Morgan fingerprint density at radius 2 is 1.64 bits per heavy atom. The molecule has 0 amide bonds. The van der Waals surface area contributed by atoms with Crippen LogP contribution in [0.5, 0.6) is 0 Å². The maximum atomic E-state index is 10.2. The zero-order chi connectivity index (χ0) is 10.2. The largest absolute Gasteiger partial charge is 1.00 e. The van der Waals surface area contributed by atoms with Crippen molar-refractivity contribution in [2.75, 3.05) is 6.61 Å². The summed E-state index contributed by atoms with van der Waals surface area (Å²) >= 11 is 0. The van der Waals surface area contributed by atoms with E-state index in [0.717, 1.165) is 19.3 Å². The van der Waals surface area contributed by atoms with Crippen LogP contribution in [0.3, 0.4) is 0 Å². The van der Waals surface area contributed by atoms with Crippen LogP contribution < -0.4 is 18.9 Å². The Balaban J connectivity index is -0.000000720. The van der Waals surface area contributed by atoms with Crippen molar-refractivity contribution in [2.24, 2.45) is 0 Å². The van der Waals surface area contributed by atoms with E-state index in [9.17, 15) is 4.57 Å². The quantitative estimate of drug-likeness (QED) is 0.329. The van der Waals surface area contributed by atoms with Crippen molar-refractivity contribution in [3.8, 4) is 0 Å². The summed E-state index contributed by atoms with van der Waals surface area (Å²) in [6, 6.07) is 0. The third kappa shape index (κ3) is 15.2. The maximum Gasteiger partial charge on any atom is 1.00 e. The van der Waals surface area contributed by atoms with E-state index in [2.05, 4.69) is 11.4 Å². The van der Waals surface area contributed by atoms with Gasteiger partial charge in [0.1, 0.15) is 0 Å². The molecule has 82 valence electrons. The molecule has 0 aromatic heterocycles. The molecule has 0 aromatic rings. The van der Waals surface area contributed by atoms with Crippen LogP contribution in [-0.2, 0) is 9.09 Å². The van der Waals surface area contributed by atoms with E-state index >= 15 is 0 Å². The number of phosphoric acid groups is 1. The van der Waals surface area contributed by atoms with Crippen molar-refractivity contribution in [3.05, 3.63) is 0 Å². The van der Waals surface area contributed by atoms with E-state index in [0.29, 0.717) is 0 Å². The Hall–Kier alpha value is 0.707. The van der Waals surface area contributed by atoms with Gasteiger partial charge in [0.15, 0.2) is 0 Å². The fourth-order valence-corrected chi connectivity index (χ4v) is 1.43. The van der Waals surface area contributed by atoms with Gasteiger partial charge in [-0.05, 0) is 6.42 Å². The molecule has 0 heterocycles. The molecule has 0 atom stereocenters. The molecule has 0 aromatic carbocycles. The number of unbranched alkanes of at least 4 members (excludes halogenated alkanes) is 5. The molecule has 0 saturated heterocycles. The van der Waals surface area contributed by atoms with Crippen LogP contribution in [0, 0.1) is 0 Å². The summed E-state index contributed by atoms with van der Waals surface area (Å²) in [5.74, 6) is 0. The Labute approximate surface area is 99.3 Å². The van der Waals surface area contributed by atoms with Crippen LogP contribution in [0.15, 0.2) is 0 Å². The van der Waals surface area contributed by atoms with Crippen LogP contribution in [0.2, 0.25) is 0 Å². The van der Waals surface area contributed by atoms with Gasteiger partial charge >= 0.3 is 26.7 Å². The predicted octanol–water partition coefficient (Wildman–Crippen LogP) is -0.427. The Kier molecular flexibility index (Phi) is 12.5. The molecule has 0 saturated carbocycles. The summed E-state index contributed by atoms with van der Waals surface area (Å²) < 4.78 is 14.5. The molecule has 6 heteroatoms. The number of phosphoric ester groups is 1. The summed E-state index contributed by atoms with van der Waals surface area (Å²) in [5.41, 5.74) is 0. The smallest absolute Gasteiger partial charge is 1.00 e. The normalized spacial score (nSPS) is 11.1. The third-order valence-electron chi connectivity index (χ3n) is 1.76. The second-order valence-corrected chi connectivity index (χ2v) is 4.33. The first-order valence-electron chi connectivity index (χ1n) is 4.76. The van der Waals surface area contributed by atoms with Crippen molar-refractivity contribution in [1.82, 2.24) is 0 Å². The fourth-order valence-electron chi connectivity index (χ4n) is 1.07. The van der Waals surface area contributed by atoms with Crippen LogP contribution in [-0.4, -0.2) is 16.4 Å². The molecule has 2 N–H and O–H groups in total. The molecular weight excluding hydrogens is 198 g/mol. The van der Waals surface area contributed by atoms with Crippen LogP contribution in [0.1, 0.15) is 46.9 Å². The fraction of sp³-hybridized carbons (Fsp3) is 1.00. The van der Waals surface area contributed by atoms with Gasteiger partial charge in [-0.3, -0.25) is 4.52 Å². The molecule has 0 rings (SSSR count). The van der Waals surface area contributed by atoms with Gasteiger partial charge in [-0.1, -0.05) is 39.0 Å². The second-order valence-electron chi connectivity index (χ2n) is 3.09. The van der Waals surface area contributed by atoms with Gasteiger partial charge in [-0.25, -0.2) is 4.57 Å². The molecule has 0 radical (unpaired) electrons. The average Bonchev–Trinajstić information content (AvgIpc) is 2.01. The van der Waals surface area contributed by atoms with E-state index in [1.807, 2.05) is 0 Å². The number of rotatable bonds is 8. The van der Waals surface area contributed by atoms with E-state index in [1.54, 1.807) is 0 Å². The van der Waals surface area contributed by atoms with Crippen molar-refractivity contribution >= 4 is 7.82 Å². The first kappa shape index (κ1) is 17.1. The van der Waals surface area contributed by atoms with E-state index in [-0.39, 0.29) is 26.9 Å². The van der Waals surface area contributed by atoms with Gasteiger partial charge < -0.3 is 11.2 Å². The Bertz CT molecular complexity index is 165. The minimum Gasteiger partial charge on any atom is -1.00 e. The summed E-state index contributed by atoms with van der Waals surface area (Å²) in [5, 5.41) is 0.